The van der Waals surface area contributed by atoms with Crippen LogP contribution < -0.4 is 22.0 Å². The second-order valence-corrected chi connectivity index (χ2v) is 8.42. The molecule has 0 spiro atoms. The van der Waals surface area contributed by atoms with Crippen molar-refractivity contribution in [1.82, 2.24) is 20.2 Å². The van der Waals surface area contributed by atoms with Gasteiger partial charge in [-0.3, -0.25) is 0 Å². The number of carbonyl (C=O) groups excluding carboxylic acids is 1. The number of halogens is 4. The molecule has 1 saturated heterocycles. The van der Waals surface area contributed by atoms with Gasteiger partial charge in [-0.25, -0.2) is 24.5 Å². The second kappa shape index (κ2) is 11.3. The Labute approximate surface area is 213 Å². The highest BCUT2D eigenvalue weighted by molar-refractivity contribution is 5.98. The minimum absolute atomic E-state index is 0.123. The number of hydrogen-bond donors (Lipinski definition) is 3. The maximum absolute atomic E-state index is 14.6. The molecule has 0 aliphatic carbocycles. The van der Waals surface area contributed by atoms with Crippen LogP contribution in [0, 0.1) is 11.6 Å². The number of ether oxygens (including phenoxy) is 1. The Kier molecular flexibility index (Phi) is 7.95. The molecule has 0 atom stereocenters. The molecule has 1 aliphatic heterocycles. The first-order valence-electron chi connectivity index (χ1n) is 11.4. The van der Waals surface area contributed by atoms with Crippen molar-refractivity contribution in [3.05, 3.63) is 59.0 Å². The van der Waals surface area contributed by atoms with E-state index in [4.69, 9.17) is 26.5 Å². The van der Waals surface area contributed by atoms with E-state index >= 15 is 0 Å². The molecular weight excluding hydrogens is 512 g/mol. The van der Waals surface area contributed by atoms with Gasteiger partial charge in [0.15, 0.2) is 11.6 Å². The smallest absolute Gasteiger partial charge is 0.415 e. The van der Waals surface area contributed by atoms with Crippen molar-refractivity contribution < 1.29 is 31.5 Å². The average Bonchev–Trinajstić information content (AvgIpc) is 3.39. The van der Waals surface area contributed by atoms with Gasteiger partial charge < -0.3 is 25.5 Å². The highest BCUT2D eigenvalue weighted by Gasteiger charge is 2.21. The number of anilines is 1. The molecule has 202 valence electrons. The second-order valence-electron chi connectivity index (χ2n) is 8.42. The summed E-state index contributed by atoms with van der Waals surface area (Å²) in [6, 6.07) is 6.04. The minimum Gasteiger partial charge on any atom is -0.415 e. The third-order valence-corrected chi connectivity index (χ3v) is 5.69. The van der Waals surface area contributed by atoms with Crippen LogP contribution in [0.5, 0.6) is 5.75 Å². The fourth-order valence-corrected chi connectivity index (χ4v) is 3.75. The molecule has 38 heavy (non-hydrogen) atoms. The summed E-state index contributed by atoms with van der Waals surface area (Å²) in [6.45, 7) is 0.693. The molecule has 1 aromatic heterocycles. The zero-order valence-corrected chi connectivity index (χ0v) is 19.9. The number of alkyl halides is 2. The SMILES string of the molecule is N/C(=N\N(N)Cc1c(F)cc(-c2nnc(C(F)F)o2)cc1F)c1ccc(OC(=O)N2CCCCC2)c(N)c1. The maximum atomic E-state index is 14.6. The molecule has 1 fully saturated rings. The summed E-state index contributed by atoms with van der Waals surface area (Å²) in [7, 11) is 0. The maximum Gasteiger partial charge on any atom is 0.415 e. The number of benzene rings is 2. The molecule has 0 unspecified atom stereocenters. The molecular formula is C23H24F4N8O3. The lowest BCUT2D eigenvalue weighted by molar-refractivity contribution is 0.116. The van der Waals surface area contributed by atoms with E-state index in [9.17, 15) is 22.4 Å². The van der Waals surface area contributed by atoms with Gasteiger partial charge in [-0.2, -0.15) is 8.78 Å². The lowest BCUT2D eigenvalue weighted by Gasteiger charge is -2.25. The van der Waals surface area contributed by atoms with Gasteiger partial charge in [0.25, 0.3) is 5.89 Å². The van der Waals surface area contributed by atoms with Gasteiger partial charge in [-0.15, -0.1) is 15.3 Å². The van der Waals surface area contributed by atoms with E-state index in [0.717, 1.165) is 31.4 Å². The third kappa shape index (κ3) is 6.11. The molecule has 0 radical (unpaired) electrons. The summed E-state index contributed by atoms with van der Waals surface area (Å²) in [4.78, 5) is 13.9. The summed E-state index contributed by atoms with van der Waals surface area (Å²) in [5.74, 6) is 2.25. The summed E-state index contributed by atoms with van der Waals surface area (Å²) >= 11 is 0. The van der Waals surface area contributed by atoms with E-state index in [1.165, 1.54) is 18.2 Å². The van der Waals surface area contributed by atoms with E-state index in [-0.39, 0.29) is 22.8 Å². The highest BCUT2D eigenvalue weighted by Crippen LogP contribution is 2.27. The summed E-state index contributed by atoms with van der Waals surface area (Å²) in [5, 5.41) is 11.1. The van der Waals surface area contributed by atoms with Crippen molar-refractivity contribution >= 4 is 17.6 Å². The Morgan fingerprint density at radius 3 is 2.42 bits per heavy atom. The van der Waals surface area contributed by atoms with Crippen molar-refractivity contribution in [2.75, 3.05) is 18.8 Å². The number of amides is 1. The number of piperidine rings is 1. The lowest BCUT2D eigenvalue weighted by Crippen LogP contribution is -2.37. The Balaban J connectivity index is 1.43. The van der Waals surface area contributed by atoms with E-state index in [1.807, 2.05) is 0 Å². The normalized spacial score (nSPS) is 14.2. The molecule has 2 heterocycles. The van der Waals surface area contributed by atoms with E-state index in [0.29, 0.717) is 23.8 Å². The number of carbonyl (C=O) groups is 1. The lowest BCUT2D eigenvalue weighted by atomic mass is 10.1. The van der Waals surface area contributed by atoms with Gasteiger partial charge in [-0.05, 0) is 49.6 Å². The monoisotopic (exact) mass is 536 g/mol. The zero-order chi connectivity index (χ0) is 27.4. The van der Waals surface area contributed by atoms with Crippen LogP contribution in [0.1, 0.15) is 42.7 Å². The van der Waals surface area contributed by atoms with Crippen LogP contribution in [0.3, 0.4) is 0 Å². The van der Waals surface area contributed by atoms with Crippen molar-refractivity contribution in [2.45, 2.75) is 32.2 Å². The van der Waals surface area contributed by atoms with Crippen molar-refractivity contribution in [2.24, 2.45) is 16.7 Å². The molecule has 0 saturated carbocycles. The number of hydrogen-bond acceptors (Lipinski definition) is 9. The quantitative estimate of drug-likeness (QED) is 0.102. The molecule has 3 aromatic rings. The topological polar surface area (TPSA) is 162 Å². The van der Waals surface area contributed by atoms with Crippen LogP contribution in [0.25, 0.3) is 11.5 Å². The number of hydrazone groups is 1. The van der Waals surface area contributed by atoms with Gasteiger partial charge in [0, 0.05) is 29.8 Å². The fraction of sp³-hybridized carbons (Fsp3) is 0.304. The number of likely N-dealkylation sites (tertiary alicyclic amines) is 1. The fourth-order valence-electron chi connectivity index (χ4n) is 3.75. The molecule has 2 aromatic carbocycles. The molecule has 6 N–H and O–H groups in total. The predicted molar refractivity (Wildman–Crippen MR) is 127 cm³/mol. The Morgan fingerprint density at radius 2 is 1.82 bits per heavy atom. The zero-order valence-electron chi connectivity index (χ0n) is 19.9. The number of rotatable bonds is 7. The van der Waals surface area contributed by atoms with Crippen LogP contribution in [-0.4, -0.2) is 45.2 Å². The van der Waals surface area contributed by atoms with Gasteiger partial charge in [-0.1, -0.05) is 0 Å². The Hall–Kier alpha value is -4.40. The van der Waals surface area contributed by atoms with Gasteiger partial charge >= 0.3 is 12.5 Å². The number of aromatic nitrogens is 2. The largest absolute Gasteiger partial charge is 0.415 e. The first-order chi connectivity index (χ1) is 18.1. The van der Waals surface area contributed by atoms with Crippen LogP contribution >= 0.6 is 0 Å². The van der Waals surface area contributed by atoms with Crippen LogP contribution in [0.15, 0.2) is 39.9 Å². The molecule has 1 amide bonds. The van der Waals surface area contributed by atoms with E-state index in [2.05, 4.69) is 15.3 Å². The number of nitrogens with two attached hydrogens (primary N) is 3. The number of amidine groups is 1. The van der Waals surface area contributed by atoms with Gasteiger partial charge in [0.2, 0.25) is 5.89 Å². The molecule has 4 rings (SSSR count). The average molecular weight is 536 g/mol. The molecule has 1 aliphatic rings. The van der Waals surface area contributed by atoms with E-state index < -0.39 is 48.0 Å². The van der Waals surface area contributed by atoms with Crippen molar-refractivity contribution in [3.8, 4) is 17.2 Å². The van der Waals surface area contributed by atoms with Gasteiger partial charge in [0.1, 0.15) is 11.6 Å². The van der Waals surface area contributed by atoms with E-state index in [1.54, 1.807) is 4.90 Å². The number of nitrogen functional groups attached to an aromatic ring is 1. The summed E-state index contributed by atoms with van der Waals surface area (Å²) in [5.41, 5.74) is 11.7. The summed E-state index contributed by atoms with van der Waals surface area (Å²) < 4.78 is 64.6. The van der Waals surface area contributed by atoms with Crippen LogP contribution in [0.4, 0.5) is 28.0 Å². The van der Waals surface area contributed by atoms with Crippen LogP contribution in [-0.2, 0) is 6.54 Å². The van der Waals surface area contributed by atoms with Crippen molar-refractivity contribution in [1.29, 1.82) is 0 Å². The number of nitrogens with zero attached hydrogens (tertiary/aromatic N) is 5. The Morgan fingerprint density at radius 1 is 1.13 bits per heavy atom. The molecule has 15 heteroatoms. The van der Waals surface area contributed by atoms with Crippen molar-refractivity contribution in [3.63, 3.8) is 0 Å². The predicted octanol–water partition coefficient (Wildman–Crippen LogP) is 3.52. The molecule has 11 nitrogen and oxygen atoms in total. The summed E-state index contributed by atoms with van der Waals surface area (Å²) in [6.07, 6.45) is -0.648. The third-order valence-electron chi connectivity index (χ3n) is 5.69. The van der Waals surface area contributed by atoms with Crippen LogP contribution in [0.2, 0.25) is 0 Å². The van der Waals surface area contributed by atoms with Gasteiger partial charge in [0.05, 0.1) is 12.2 Å². The number of hydrazine groups is 1. The minimum atomic E-state index is -3.03. The first-order valence-corrected chi connectivity index (χ1v) is 11.4. The molecule has 0 bridgehead atoms. The standard InChI is InChI=1S/C23H24F4N8O3/c24-15-8-13(21-31-32-22(38-21)19(26)27)9-16(25)14(15)11-35(30)33-20(29)12-4-5-18(17(28)10-12)37-23(36)34-6-2-1-3-7-34/h4-5,8-10,19H,1-3,6-7,11,28,30H2,(H2,29,33). The highest BCUT2D eigenvalue weighted by atomic mass is 19.3. The first kappa shape index (κ1) is 26.7. The Bertz CT molecular complexity index is 1320.